The van der Waals surface area contributed by atoms with Crippen molar-refractivity contribution in [1.82, 2.24) is 14.6 Å². The lowest BCUT2D eigenvalue weighted by Crippen LogP contribution is -2.13. The second kappa shape index (κ2) is 6.65. The first-order chi connectivity index (χ1) is 10.8. The molecule has 6 nitrogen and oxygen atoms in total. The van der Waals surface area contributed by atoms with Gasteiger partial charge in [0.1, 0.15) is 17.0 Å². The number of rotatable bonds is 6. The van der Waals surface area contributed by atoms with Crippen LogP contribution in [0.3, 0.4) is 0 Å². The maximum atomic E-state index is 5.70. The Kier molecular flexibility index (Phi) is 4.43. The van der Waals surface area contributed by atoms with Crippen molar-refractivity contribution in [3.05, 3.63) is 47.2 Å². The molecule has 0 radical (unpaired) electrons. The maximum absolute atomic E-state index is 5.70. The van der Waals surface area contributed by atoms with Crippen molar-refractivity contribution >= 4 is 27.4 Å². The van der Waals surface area contributed by atoms with E-state index >= 15 is 0 Å². The van der Waals surface area contributed by atoms with Crippen molar-refractivity contribution in [2.24, 2.45) is 0 Å². The molecule has 22 heavy (non-hydrogen) atoms. The minimum Gasteiger partial charge on any atom is -0.493 e. The molecule has 0 fully saturated rings. The molecule has 3 rings (SSSR count). The fraction of sp³-hybridized carbons (Fsp3) is 0.200. The molecular weight excluding hydrogens is 348 g/mol. The molecule has 0 amide bonds. The van der Waals surface area contributed by atoms with Gasteiger partial charge < -0.3 is 14.8 Å². The van der Waals surface area contributed by atoms with Crippen molar-refractivity contribution in [2.45, 2.75) is 0 Å². The lowest BCUT2D eigenvalue weighted by molar-refractivity contribution is 0.305. The van der Waals surface area contributed by atoms with Crippen molar-refractivity contribution in [2.75, 3.05) is 25.6 Å². The number of hydrogen-bond donors (Lipinski definition) is 1. The molecule has 2 heterocycles. The number of hydrogen-bond acceptors (Lipinski definition) is 5. The first-order valence-electron chi connectivity index (χ1n) is 6.78. The van der Waals surface area contributed by atoms with E-state index in [0.29, 0.717) is 13.2 Å². The zero-order valence-electron chi connectivity index (χ0n) is 12.0. The summed E-state index contributed by atoms with van der Waals surface area (Å²) in [5.74, 6) is 2.21. The summed E-state index contributed by atoms with van der Waals surface area (Å²) in [5, 5.41) is 7.64. The van der Waals surface area contributed by atoms with Crippen LogP contribution in [0.2, 0.25) is 0 Å². The second-order valence-electron chi connectivity index (χ2n) is 4.50. The molecular formula is C15H15BrN4O2. The van der Waals surface area contributed by atoms with Crippen LogP contribution in [0.5, 0.6) is 11.5 Å². The second-order valence-corrected chi connectivity index (χ2v) is 5.31. The maximum Gasteiger partial charge on any atom is 0.161 e. The molecule has 0 unspecified atom stereocenters. The lowest BCUT2D eigenvalue weighted by Gasteiger charge is -2.11. The third kappa shape index (κ3) is 3.14. The van der Waals surface area contributed by atoms with Gasteiger partial charge in [-0.2, -0.15) is 0 Å². The monoisotopic (exact) mass is 362 g/mol. The number of fused-ring (bicyclic) bond motifs is 1. The van der Waals surface area contributed by atoms with Crippen LogP contribution < -0.4 is 14.8 Å². The summed E-state index contributed by atoms with van der Waals surface area (Å²) in [6.07, 6.45) is 1.72. The molecule has 0 aliphatic carbocycles. The van der Waals surface area contributed by atoms with Crippen molar-refractivity contribution in [3.8, 4) is 11.5 Å². The Hall–Kier alpha value is -2.28. The van der Waals surface area contributed by atoms with Gasteiger partial charge >= 0.3 is 0 Å². The van der Waals surface area contributed by atoms with Crippen LogP contribution >= 0.6 is 15.9 Å². The fourth-order valence-corrected chi connectivity index (χ4v) is 2.38. The summed E-state index contributed by atoms with van der Waals surface area (Å²) >= 11 is 3.40. The van der Waals surface area contributed by atoms with Gasteiger partial charge in [0.2, 0.25) is 0 Å². The van der Waals surface area contributed by atoms with Crippen LogP contribution in [0.4, 0.5) is 5.82 Å². The van der Waals surface area contributed by atoms with E-state index in [2.05, 4.69) is 31.3 Å². The van der Waals surface area contributed by atoms with Gasteiger partial charge in [0.15, 0.2) is 17.1 Å². The SMILES string of the molecule is COc1ccccc1OCCNc1ccc2ncc(Br)n2n1. The third-order valence-corrected chi connectivity index (χ3v) is 3.60. The number of nitrogens with zero attached hydrogens (tertiary/aromatic N) is 3. The number of benzene rings is 1. The topological polar surface area (TPSA) is 60.7 Å². The molecule has 114 valence electrons. The first-order valence-corrected chi connectivity index (χ1v) is 7.57. The van der Waals surface area contributed by atoms with E-state index in [1.807, 2.05) is 36.4 Å². The number of para-hydroxylation sites is 2. The van der Waals surface area contributed by atoms with Gasteiger partial charge in [-0.3, -0.25) is 0 Å². The molecule has 0 saturated carbocycles. The number of imidazole rings is 1. The van der Waals surface area contributed by atoms with Gasteiger partial charge in [-0.05, 0) is 40.2 Å². The van der Waals surface area contributed by atoms with Crippen LogP contribution in [0.1, 0.15) is 0 Å². The fourth-order valence-electron chi connectivity index (χ4n) is 2.02. The van der Waals surface area contributed by atoms with E-state index < -0.39 is 0 Å². The standard InChI is InChI=1S/C15H15BrN4O2/c1-21-11-4-2-3-5-12(11)22-9-8-17-14-6-7-15-18-10-13(16)20(15)19-14/h2-7,10H,8-9H2,1H3,(H,17,19). The molecule has 7 heteroatoms. The van der Waals surface area contributed by atoms with E-state index in [1.165, 1.54) is 0 Å². The van der Waals surface area contributed by atoms with Gasteiger partial charge in [0, 0.05) is 0 Å². The average Bonchev–Trinajstić information content (AvgIpc) is 2.93. The highest BCUT2D eigenvalue weighted by Gasteiger charge is 2.04. The summed E-state index contributed by atoms with van der Waals surface area (Å²) in [4.78, 5) is 4.20. The van der Waals surface area contributed by atoms with E-state index in [4.69, 9.17) is 9.47 Å². The van der Waals surface area contributed by atoms with Crippen molar-refractivity contribution < 1.29 is 9.47 Å². The van der Waals surface area contributed by atoms with Crippen molar-refractivity contribution in [3.63, 3.8) is 0 Å². The molecule has 0 aliphatic heterocycles. The summed E-state index contributed by atoms with van der Waals surface area (Å²) < 4.78 is 13.5. The molecule has 3 aromatic rings. The normalized spacial score (nSPS) is 10.6. The third-order valence-electron chi connectivity index (χ3n) is 3.06. The number of nitrogens with one attached hydrogen (secondary N) is 1. The smallest absolute Gasteiger partial charge is 0.161 e. The average molecular weight is 363 g/mol. The molecule has 0 spiro atoms. The minimum absolute atomic E-state index is 0.505. The van der Waals surface area contributed by atoms with E-state index in [-0.39, 0.29) is 0 Å². The van der Waals surface area contributed by atoms with Gasteiger partial charge in [0.05, 0.1) is 19.9 Å². The molecule has 2 aromatic heterocycles. The number of methoxy groups -OCH3 is 1. The lowest BCUT2D eigenvalue weighted by atomic mass is 10.3. The Morgan fingerprint density at radius 2 is 2.00 bits per heavy atom. The van der Waals surface area contributed by atoms with Crippen LogP contribution in [-0.2, 0) is 0 Å². The molecule has 1 aromatic carbocycles. The van der Waals surface area contributed by atoms with Crippen LogP contribution in [-0.4, -0.2) is 34.9 Å². The zero-order valence-corrected chi connectivity index (χ0v) is 13.6. The largest absolute Gasteiger partial charge is 0.493 e. The first kappa shape index (κ1) is 14.6. The number of halogens is 1. The Labute approximate surface area is 136 Å². The summed E-state index contributed by atoms with van der Waals surface area (Å²) in [5.41, 5.74) is 0.794. The molecule has 0 atom stereocenters. The highest BCUT2D eigenvalue weighted by atomic mass is 79.9. The quantitative estimate of drug-likeness (QED) is 0.683. The summed E-state index contributed by atoms with van der Waals surface area (Å²) in [7, 11) is 1.63. The predicted octanol–water partition coefficient (Wildman–Crippen LogP) is 2.99. The number of anilines is 1. The highest BCUT2D eigenvalue weighted by Crippen LogP contribution is 2.25. The molecule has 0 saturated heterocycles. The van der Waals surface area contributed by atoms with Gasteiger partial charge in [-0.25, -0.2) is 9.50 Å². The van der Waals surface area contributed by atoms with E-state index in [0.717, 1.165) is 27.6 Å². The van der Waals surface area contributed by atoms with Crippen LogP contribution in [0.15, 0.2) is 47.2 Å². The minimum atomic E-state index is 0.505. The van der Waals surface area contributed by atoms with Gasteiger partial charge in [-0.1, -0.05) is 12.1 Å². The van der Waals surface area contributed by atoms with E-state index in [9.17, 15) is 0 Å². The predicted molar refractivity (Wildman–Crippen MR) is 87.7 cm³/mol. The van der Waals surface area contributed by atoms with Crippen LogP contribution in [0.25, 0.3) is 5.65 Å². The summed E-state index contributed by atoms with van der Waals surface area (Å²) in [6, 6.07) is 11.4. The molecule has 1 N–H and O–H groups in total. The van der Waals surface area contributed by atoms with Gasteiger partial charge in [-0.15, -0.1) is 5.10 Å². The van der Waals surface area contributed by atoms with Gasteiger partial charge in [0.25, 0.3) is 0 Å². The zero-order chi connectivity index (χ0) is 15.4. The Morgan fingerprint density at radius 1 is 1.18 bits per heavy atom. The van der Waals surface area contributed by atoms with Crippen LogP contribution in [0, 0.1) is 0 Å². The Morgan fingerprint density at radius 3 is 2.82 bits per heavy atom. The summed E-state index contributed by atoms with van der Waals surface area (Å²) in [6.45, 7) is 1.13. The van der Waals surface area contributed by atoms with E-state index in [1.54, 1.807) is 17.8 Å². The molecule has 0 bridgehead atoms. The Balaban J connectivity index is 1.57. The highest BCUT2D eigenvalue weighted by molar-refractivity contribution is 9.10. The van der Waals surface area contributed by atoms with Crippen molar-refractivity contribution in [1.29, 1.82) is 0 Å². The Bertz CT molecular complexity index is 775. The number of ether oxygens (including phenoxy) is 2. The number of aromatic nitrogens is 3. The molecule has 0 aliphatic rings.